The second kappa shape index (κ2) is 6.10. The lowest BCUT2D eigenvalue weighted by Crippen LogP contribution is -2.04. The van der Waals surface area contributed by atoms with Gasteiger partial charge in [0.2, 0.25) is 0 Å². The largest absolute Gasteiger partial charge is 0.462 e. The Kier molecular flexibility index (Phi) is 3.58. The van der Waals surface area contributed by atoms with E-state index in [4.69, 9.17) is 4.74 Å². The Morgan fingerprint density at radius 1 is 0.741 bits per heavy atom. The molecule has 0 saturated heterocycles. The molecule has 0 bridgehead atoms. The van der Waals surface area contributed by atoms with Crippen LogP contribution in [0.2, 0.25) is 0 Å². The maximum absolute atomic E-state index is 11.9. The molecule has 0 radical (unpaired) electrons. The van der Waals surface area contributed by atoms with Gasteiger partial charge in [-0.1, -0.05) is 66.7 Å². The van der Waals surface area contributed by atoms with Crippen LogP contribution in [-0.4, -0.2) is 12.6 Å². The van der Waals surface area contributed by atoms with Gasteiger partial charge in [0.25, 0.3) is 0 Å². The smallest absolute Gasteiger partial charge is 0.338 e. The number of benzene rings is 5. The molecule has 2 heteroatoms. The van der Waals surface area contributed by atoms with E-state index in [1.165, 1.54) is 37.9 Å². The highest BCUT2D eigenvalue weighted by Gasteiger charge is 2.12. The fourth-order valence-corrected chi connectivity index (χ4v) is 3.99. The van der Waals surface area contributed by atoms with Gasteiger partial charge in [-0.3, -0.25) is 0 Å². The van der Waals surface area contributed by atoms with Gasteiger partial charge in [0.15, 0.2) is 0 Å². The van der Waals surface area contributed by atoms with Gasteiger partial charge in [-0.05, 0) is 62.5 Å². The number of esters is 1. The van der Waals surface area contributed by atoms with E-state index in [0.29, 0.717) is 12.2 Å². The summed E-state index contributed by atoms with van der Waals surface area (Å²) in [4.78, 5) is 11.9. The van der Waals surface area contributed by atoms with Gasteiger partial charge in [-0.15, -0.1) is 0 Å². The first-order chi connectivity index (χ1) is 13.3. The standard InChI is InChI=1S/C25H18O2/c1-2-27-25(26)20-10-6-16(7-11-20)21-14-12-19-9-8-17-4-3-5-18-13-15-22(21)24(19)23(17)18/h3-15H,2H2,1H3. The van der Waals surface area contributed by atoms with E-state index in [9.17, 15) is 4.79 Å². The Morgan fingerprint density at radius 3 is 2.07 bits per heavy atom. The normalized spacial score (nSPS) is 11.4. The van der Waals surface area contributed by atoms with Gasteiger partial charge < -0.3 is 4.74 Å². The van der Waals surface area contributed by atoms with Gasteiger partial charge in [0.05, 0.1) is 12.2 Å². The van der Waals surface area contributed by atoms with E-state index in [-0.39, 0.29) is 5.97 Å². The number of ether oxygens (including phenoxy) is 1. The molecule has 0 aliphatic heterocycles. The summed E-state index contributed by atoms with van der Waals surface area (Å²) in [5, 5.41) is 7.64. The van der Waals surface area contributed by atoms with Crippen molar-refractivity contribution < 1.29 is 9.53 Å². The molecule has 0 spiro atoms. The van der Waals surface area contributed by atoms with Crippen LogP contribution in [0.3, 0.4) is 0 Å². The summed E-state index contributed by atoms with van der Waals surface area (Å²) >= 11 is 0. The van der Waals surface area contributed by atoms with Gasteiger partial charge in [-0.2, -0.15) is 0 Å². The molecule has 0 saturated carbocycles. The van der Waals surface area contributed by atoms with Gasteiger partial charge in [-0.25, -0.2) is 4.79 Å². The molecule has 2 nitrogen and oxygen atoms in total. The third kappa shape index (κ3) is 2.45. The van der Waals surface area contributed by atoms with Crippen molar-refractivity contribution in [2.75, 3.05) is 6.61 Å². The number of carbonyl (C=O) groups is 1. The Balaban J connectivity index is 1.73. The van der Waals surface area contributed by atoms with Crippen molar-refractivity contribution in [3.8, 4) is 11.1 Å². The first kappa shape index (κ1) is 15.8. The minimum atomic E-state index is -0.278. The van der Waals surface area contributed by atoms with E-state index in [1.807, 2.05) is 31.2 Å². The quantitative estimate of drug-likeness (QED) is 0.277. The minimum absolute atomic E-state index is 0.278. The van der Waals surface area contributed by atoms with E-state index in [1.54, 1.807) is 0 Å². The van der Waals surface area contributed by atoms with Crippen LogP contribution >= 0.6 is 0 Å². The molecular formula is C25H18O2. The summed E-state index contributed by atoms with van der Waals surface area (Å²) < 4.78 is 5.08. The summed E-state index contributed by atoms with van der Waals surface area (Å²) in [7, 11) is 0. The lowest BCUT2D eigenvalue weighted by molar-refractivity contribution is 0.0526. The zero-order valence-corrected chi connectivity index (χ0v) is 15.0. The van der Waals surface area contributed by atoms with Crippen LogP contribution in [-0.2, 0) is 4.74 Å². The average molecular weight is 350 g/mol. The second-order valence-electron chi connectivity index (χ2n) is 6.77. The predicted octanol–water partition coefficient (Wildman–Crippen LogP) is 6.43. The van der Waals surface area contributed by atoms with Crippen molar-refractivity contribution in [2.45, 2.75) is 6.92 Å². The van der Waals surface area contributed by atoms with Crippen LogP contribution in [0.4, 0.5) is 0 Å². The monoisotopic (exact) mass is 350 g/mol. The van der Waals surface area contributed by atoms with Gasteiger partial charge >= 0.3 is 5.97 Å². The summed E-state index contributed by atoms with van der Waals surface area (Å²) in [6, 6.07) is 27.3. The number of rotatable bonds is 3. The minimum Gasteiger partial charge on any atom is -0.462 e. The molecule has 0 N–H and O–H groups in total. The molecule has 0 aliphatic carbocycles. The first-order valence-corrected chi connectivity index (χ1v) is 9.20. The molecule has 5 aromatic rings. The van der Waals surface area contributed by atoms with Gasteiger partial charge in [0, 0.05) is 0 Å². The zero-order chi connectivity index (χ0) is 18.4. The van der Waals surface area contributed by atoms with Crippen LogP contribution in [0.1, 0.15) is 17.3 Å². The fourth-order valence-electron chi connectivity index (χ4n) is 3.99. The molecule has 0 amide bonds. The van der Waals surface area contributed by atoms with Crippen molar-refractivity contribution in [3.05, 3.63) is 84.4 Å². The van der Waals surface area contributed by atoms with Crippen molar-refractivity contribution in [1.29, 1.82) is 0 Å². The Hall–Kier alpha value is -3.39. The highest BCUT2D eigenvalue weighted by Crippen LogP contribution is 2.39. The van der Waals surface area contributed by atoms with Crippen LogP contribution < -0.4 is 0 Å². The zero-order valence-electron chi connectivity index (χ0n) is 15.0. The highest BCUT2D eigenvalue weighted by molar-refractivity contribution is 6.25. The molecule has 0 unspecified atom stereocenters. The summed E-state index contributed by atoms with van der Waals surface area (Å²) in [5.41, 5.74) is 2.86. The molecule has 27 heavy (non-hydrogen) atoms. The van der Waals surface area contributed by atoms with Crippen molar-refractivity contribution >= 4 is 38.3 Å². The van der Waals surface area contributed by atoms with E-state index < -0.39 is 0 Å². The molecule has 0 atom stereocenters. The number of hydrogen-bond acceptors (Lipinski definition) is 2. The predicted molar refractivity (Wildman–Crippen MR) is 112 cm³/mol. The molecule has 130 valence electrons. The summed E-state index contributed by atoms with van der Waals surface area (Å²) in [5.74, 6) is -0.278. The van der Waals surface area contributed by atoms with Crippen molar-refractivity contribution in [3.63, 3.8) is 0 Å². The summed E-state index contributed by atoms with van der Waals surface area (Å²) in [6.45, 7) is 2.20. The van der Waals surface area contributed by atoms with Crippen LogP contribution in [0, 0.1) is 0 Å². The first-order valence-electron chi connectivity index (χ1n) is 9.20. The van der Waals surface area contributed by atoms with Crippen LogP contribution in [0.5, 0.6) is 0 Å². The Morgan fingerprint density at radius 2 is 1.37 bits per heavy atom. The summed E-state index contributed by atoms with van der Waals surface area (Å²) in [6.07, 6.45) is 0. The third-order valence-electron chi connectivity index (χ3n) is 5.24. The molecule has 0 aromatic heterocycles. The number of carbonyl (C=O) groups excluding carboxylic acids is 1. The molecule has 0 fully saturated rings. The van der Waals surface area contributed by atoms with E-state index >= 15 is 0 Å². The maximum atomic E-state index is 11.9. The third-order valence-corrected chi connectivity index (χ3v) is 5.24. The Bertz CT molecular complexity index is 1270. The Labute approximate surface area is 157 Å². The maximum Gasteiger partial charge on any atom is 0.338 e. The molecule has 5 rings (SSSR count). The number of hydrogen-bond donors (Lipinski definition) is 0. The van der Waals surface area contributed by atoms with Gasteiger partial charge in [0.1, 0.15) is 0 Å². The molecular weight excluding hydrogens is 332 g/mol. The van der Waals surface area contributed by atoms with E-state index in [0.717, 1.165) is 5.56 Å². The van der Waals surface area contributed by atoms with Crippen molar-refractivity contribution in [1.82, 2.24) is 0 Å². The molecule has 0 heterocycles. The lowest BCUT2D eigenvalue weighted by atomic mass is 9.90. The second-order valence-corrected chi connectivity index (χ2v) is 6.77. The SMILES string of the molecule is CCOC(=O)c1ccc(-c2ccc3ccc4cccc5ccc2c3c45)cc1. The van der Waals surface area contributed by atoms with Crippen LogP contribution in [0.15, 0.2) is 78.9 Å². The van der Waals surface area contributed by atoms with Crippen molar-refractivity contribution in [2.24, 2.45) is 0 Å². The highest BCUT2D eigenvalue weighted by atomic mass is 16.5. The molecule has 5 aromatic carbocycles. The lowest BCUT2D eigenvalue weighted by Gasteiger charge is -2.14. The average Bonchev–Trinajstić information content (AvgIpc) is 2.72. The fraction of sp³-hybridized carbons (Fsp3) is 0.0800. The molecule has 0 aliphatic rings. The van der Waals surface area contributed by atoms with Crippen LogP contribution in [0.25, 0.3) is 43.4 Å². The topological polar surface area (TPSA) is 26.3 Å². The van der Waals surface area contributed by atoms with E-state index in [2.05, 4.69) is 54.6 Å².